The maximum atomic E-state index is 14.4. The van der Waals surface area contributed by atoms with Crippen LogP contribution in [0.25, 0.3) is 0 Å². The van der Waals surface area contributed by atoms with Crippen molar-refractivity contribution in [2.75, 3.05) is 53.9 Å². The topological polar surface area (TPSA) is 608 Å². The number of hydrogen-bond acceptors (Lipinski definition) is 33. The standard InChI is InChI=1S/C50H71B2N5O15.C39H57B2N5O15/c1-32(2)26-40(43(60)28-36(17-21-45(62)71-51-53)48(65)56-39(20-22-46(63)72-52-54)42(59)14-11-23-68-25-24-67-7)57-49(66)37(30-47(64)70-50(4,5)6)29-44(61)41(55-33(3)58)27-34-15-18-38(19-16-34)69-31-35-12-9-8-10-13-35;1-23(2)18-30(46-39(57)27(22-35(52)53)21-34(51)31(44-24(3)47)19-25-7-10-28(48)11-8-25)33(50)20-26(9-13-36(54)60-40-42)38(56)45-29(12-14-37(55)61-41-43)32(49)6-5-15-59-17-16-58-4/h8-10,12-13,15-16,18-19,32,36-37,39-41,53-54H,11,14,17,20-31H2,1-7H3,(H,55,58)(H,56,65)(H,57,66);7-8,10-11,23,26-27,29-31,42-43,48H,5-6,9,12-22H2,1-4H3,(H,44,47)(H,45,56)(H,46,57)(H,52,53)/t36-,37+,39-,40-,41+;26-,27+,29-,30-,31+/m11/s1. The SMILES string of the molecule is COCCOCCCC(=O)[C@@H](CCC(=O)OB=N)NC(=O)[C@H](CCC(=O)OB=N)CC(=O)[C@@H](CC(C)C)NC(=O)[C@H](CC(=O)O)CC(=O)[C@H](Cc1ccc(O)cc1)NC(C)=O.COCCOCCCC(=O)[C@@H](CCC(=O)OB=N)NC(=O)[C@H](CCC(=O)OB=N)CC(=O)[C@@H](CC(C)C)NC(=O)[C@H](CC(=O)OC(C)(C)C)CC(=O)[C@H](Cc1ccc(OCc2ccccc2)cc1)NC(C)=O. The molecule has 0 spiro atoms. The summed E-state index contributed by atoms with van der Waals surface area (Å²) in [5, 5.41) is 63.2. The number of benzene rings is 3. The fraction of sp³-hybridized carbons (Fsp3) is 0.596. The molecule has 0 radical (unpaired) electrons. The van der Waals surface area contributed by atoms with Crippen LogP contribution >= 0.6 is 0 Å². The number of Topliss-reactive ketones (excluding diaryl/α,β-unsaturated/α-hetero) is 6. The molecule has 3 aromatic rings. The Morgan fingerprint density at radius 2 is 0.722 bits per heavy atom. The van der Waals surface area contributed by atoms with E-state index in [1.807, 2.05) is 30.3 Å². The normalized spacial score (nSPS) is 13.2. The summed E-state index contributed by atoms with van der Waals surface area (Å²) in [6, 6.07) is 15.0. The molecule has 133 heavy (non-hydrogen) atoms. The van der Waals surface area contributed by atoms with Crippen LogP contribution in [0.5, 0.6) is 11.5 Å². The second-order valence-corrected chi connectivity index (χ2v) is 33.3. The zero-order valence-electron chi connectivity index (χ0n) is 77.6. The van der Waals surface area contributed by atoms with Gasteiger partial charge in [-0.05, 0) is 74.6 Å². The number of carboxylic acids is 1. The van der Waals surface area contributed by atoms with Gasteiger partial charge in [0.05, 0.1) is 12.1 Å². The van der Waals surface area contributed by atoms with Crippen LogP contribution in [0.15, 0.2) is 78.9 Å². The van der Waals surface area contributed by atoms with Gasteiger partial charge in [-0.2, -0.15) is 0 Å². The second kappa shape index (κ2) is 65.7. The molecule has 0 aliphatic carbocycles. The van der Waals surface area contributed by atoms with E-state index in [1.54, 1.807) is 72.7 Å². The molecule has 0 saturated carbocycles. The molecule has 0 aliphatic heterocycles. The van der Waals surface area contributed by atoms with Crippen LogP contribution in [0.1, 0.15) is 207 Å². The molecule has 726 valence electrons. The van der Waals surface area contributed by atoms with Crippen molar-refractivity contribution in [3.8, 4) is 11.5 Å². The van der Waals surface area contributed by atoms with Crippen LogP contribution in [0.3, 0.4) is 0 Å². The van der Waals surface area contributed by atoms with E-state index < -0.39 is 223 Å². The second-order valence-electron chi connectivity index (χ2n) is 33.3. The van der Waals surface area contributed by atoms with Gasteiger partial charge in [-0.1, -0.05) is 54.6 Å². The molecule has 0 aliphatic rings. The third-order valence-electron chi connectivity index (χ3n) is 20.0. The first-order valence-corrected chi connectivity index (χ1v) is 43.8. The summed E-state index contributed by atoms with van der Waals surface area (Å²) in [4.78, 5) is 237. The molecular formula is C89H128B4N10O30. The number of aromatic hydroxyl groups is 1. The molecule has 6 amide bonds. The van der Waals surface area contributed by atoms with Gasteiger partial charge < -0.3 is 39.8 Å². The first-order chi connectivity index (χ1) is 63.0. The Morgan fingerprint density at radius 1 is 0.376 bits per heavy atom. The number of phenolic OH excluding ortho intramolecular Hbond substituents is 1. The van der Waals surface area contributed by atoms with Gasteiger partial charge in [0.25, 0.3) is 0 Å². The molecule has 0 bridgehead atoms. The van der Waals surface area contributed by atoms with Crippen LogP contribution in [-0.4, -0.2) is 241 Å². The van der Waals surface area contributed by atoms with E-state index in [9.17, 15) is 96.5 Å². The summed E-state index contributed by atoms with van der Waals surface area (Å²) in [5.41, 5.74) is 1.24. The fourth-order valence-electron chi connectivity index (χ4n) is 13.5. The van der Waals surface area contributed by atoms with Gasteiger partial charge in [0, 0.05) is 28.1 Å². The minimum atomic E-state index is -1.49. The smallest absolute Gasteiger partial charge is 0.489 e. The number of amides is 6. The van der Waals surface area contributed by atoms with Gasteiger partial charge >= 0.3 is 495 Å². The molecule has 0 unspecified atom stereocenters. The Labute approximate surface area is 776 Å². The third kappa shape index (κ3) is 52.9. The quantitative estimate of drug-likeness (QED) is 0.0172. The molecular weight excluding hydrogens is 1730 g/mol. The number of hydrogen-bond donors (Lipinski definition) is 12. The number of carbonyl (C=O) groups excluding carboxylic acids is 17. The molecule has 40 nitrogen and oxygen atoms in total. The summed E-state index contributed by atoms with van der Waals surface area (Å²) in [7, 11) is 4.66. The van der Waals surface area contributed by atoms with Crippen molar-refractivity contribution in [3.63, 3.8) is 0 Å². The number of aliphatic carboxylic acids is 1. The minimum Gasteiger partial charge on any atom is -0.489 e. The molecule has 44 heteroatoms. The Bertz CT molecular complexity index is 4330. The van der Waals surface area contributed by atoms with Crippen LogP contribution in [0.2, 0.25) is 0 Å². The summed E-state index contributed by atoms with van der Waals surface area (Å²) in [6.07, 6.45) is -5.90. The van der Waals surface area contributed by atoms with E-state index in [1.165, 1.54) is 52.3 Å². The molecule has 0 fully saturated rings. The molecule has 3 aromatic carbocycles. The van der Waals surface area contributed by atoms with Crippen LogP contribution in [0, 0.1) is 56.8 Å². The predicted molar refractivity (Wildman–Crippen MR) is 479 cm³/mol. The minimum absolute atomic E-state index is 0.0144. The molecule has 10 atom stereocenters. The van der Waals surface area contributed by atoms with Crippen molar-refractivity contribution < 1.29 is 144 Å². The van der Waals surface area contributed by atoms with Gasteiger partial charge in [0.1, 0.15) is 23.7 Å². The molecule has 0 heterocycles. The first-order valence-electron chi connectivity index (χ1n) is 43.8. The van der Waals surface area contributed by atoms with E-state index in [0.717, 1.165) is 5.56 Å². The van der Waals surface area contributed by atoms with Crippen LogP contribution in [-0.2, 0) is 148 Å². The average Bonchev–Trinajstić information content (AvgIpc) is 0.849. The number of rotatable bonds is 69. The number of methoxy groups -OCH3 is 2. The maximum absolute atomic E-state index is 14.4. The summed E-state index contributed by atoms with van der Waals surface area (Å²) in [5.74, 6) is -19.2. The summed E-state index contributed by atoms with van der Waals surface area (Å²) >= 11 is 0. The van der Waals surface area contributed by atoms with Crippen molar-refractivity contribution in [3.05, 3.63) is 95.6 Å². The predicted octanol–water partition coefficient (Wildman–Crippen LogP) is 6.14. The fourth-order valence-corrected chi connectivity index (χ4v) is 13.5. The number of phenols is 1. The van der Waals surface area contributed by atoms with E-state index in [4.69, 9.17) is 49.7 Å². The Morgan fingerprint density at radius 3 is 1.08 bits per heavy atom. The number of carboxylic acid groups (broad SMARTS) is 1. The Balaban J connectivity index is 0.000000913. The molecule has 12 N–H and O–H groups in total. The van der Waals surface area contributed by atoms with Gasteiger partial charge in [0.2, 0.25) is 11.8 Å². The monoisotopic (exact) mass is 1860 g/mol. The Kier molecular flexibility index (Phi) is 58.0. The zero-order valence-corrected chi connectivity index (χ0v) is 77.6. The number of carbonyl (C=O) groups is 18. The van der Waals surface area contributed by atoms with E-state index in [-0.39, 0.29) is 127 Å². The van der Waals surface area contributed by atoms with E-state index >= 15 is 0 Å². The zero-order chi connectivity index (χ0) is 99.5. The van der Waals surface area contributed by atoms with Gasteiger partial charge in [0.15, 0.2) is 11.6 Å². The third-order valence-corrected chi connectivity index (χ3v) is 20.0. The van der Waals surface area contributed by atoms with Gasteiger partial charge in [-0.3, -0.25) is 28.8 Å². The van der Waals surface area contributed by atoms with Crippen molar-refractivity contribution in [1.29, 1.82) is 21.2 Å². The van der Waals surface area contributed by atoms with Crippen LogP contribution in [0.4, 0.5) is 0 Å². The molecule has 3 rings (SSSR count). The van der Waals surface area contributed by atoms with Crippen molar-refractivity contribution in [2.24, 2.45) is 35.5 Å². The van der Waals surface area contributed by atoms with E-state index in [2.05, 4.69) is 50.5 Å². The number of esters is 1. The van der Waals surface area contributed by atoms with Crippen molar-refractivity contribution in [1.82, 2.24) is 31.9 Å². The van der Waals surface area contributed by atoms with Gasteiger partial charge in [-0.25, -0.2) is 0 Å². The van der Waals surface area contributed by atoms with Gasteiger partial charge in [-0.15, -0.1) is 0 Å². The molecule has 0 saturated heterocycles. The summed E-state index contributed by atoms with van der Waals surface area (Å²) < 4.78 is 50.4. The molecule has 0 aromatic heterocycles. The van der Waals surface area contributed by atoms with E-state index in [0.29, 0.717) is 72.4 Å². The van der Waals surface area contributed by atoms with Crippen molar-refractivity contribution in [2.45, 2.75) is 252 Å². The summed E-state index contributed by atoms with van der Waals surface area (Å²) in [6.45, 7) is 16.4. The number of nitrogens with one attached hydrogen (secondary N) is 10. The average molecular weight is 1860 g/mol. The number of ketones is 6. The number of ether oxygens (including phenoxy) is 6. The van der Waals surface area contributed by atoms with Crippen molar-refractivity contribution >= 4 is 135 Å². The van der Waals surface area contributed by atoms with Crippen LogP contribution < -0.4 is 36.6 Å². The Hall–Kier alpha value is -11.8. The first kappa shape index (κ1) is 117.